The lowest BCUT2D eigenvalue weighted by Crippen LogP contribution is -2.27. The number of sulfonamides is 1. The molecule has 1 aromatic rings. The largest absolute Gasteiger partial charge is 0.378 e. The number of carbonyl (C=O) groups is 1. The number of carbonyl (C=O) groups excluding carboxylic acids is 1. The topological polar surface area (TPSA) is 84.5 Å². The minimum atomic E-state index is -3.34. The molecule has 0 unspecified atom stereocenters. The summed E-state index contributed by atoms with van der Waals surface area (Å²) in [6.07, 6.45) is 3.37. The predicted octanol–water partition coefficient (Wildman–Crippen LogP) is 1.24. The summed E-state index contributed by atoms with van der Waals surface area (Å²) < 4.78 is 30.5. The first-order valence-electron chi connectivity index (χ1n) is 6.88. The molecule has 0 spiro atoms. The molecule has 1 aliphatic heterocycles. The van der Waals surface area contributed by atoms with Gasteiger partial charge in [-0.1, -0.05) is 18.2 Å². The summed E-state index contributed by atoms with van der Waals surface area (Å²) in [4.78, 5) is 11.8. The van der Waals surface area contributed by atoms with E-state index < -0.39 is 10.0 Å². The first-order valence-corrected chi connectivity index (χ1v) is 8.77. The number of amides is 1. The quantitative estimate of drug-likeness (QED) is 0.828. The molecule has 1 aromatic carbocycles. The summed E-state index contributed by atoms with van der Waals surface area (Å²) in [5, 5.41) is 2.80. The Hall–Kier alpha value is -1.60. The van der Waals surface area contributed by atoms with Gasteiger partial charge < -0.3 is 10.1 Å². The highest BCUT2D eigenvalue weighted by Gasteiger charge is 2.19. The van der Waals surface area contributed by atoms with Gasteiger partial charge in [0.05, 0.1) is 24.5 Å². The van der Waals surface area contributed by atoms with E-state index in [-0.39, 0.29) is 18.6 Å². The van der Waals surface area contributed by atoms with Crippen molar-refractivity contribution in [3.05, 3.63) is 29.8 Å². The van der Waals surface area contributed by atoms with Crippen LogP contribution in [0.1, 0.15) is 24.8 Å². The van der Waals surface area contributed by atoms with Crippen LogP contribution in [-0.2, 0) is 26.1 Å². The fourth-order valence-electron chi connectivity index (χ4n) is 2.25. The van der Waals surface area contributed by atoms with Crippen molar-refractivity contribution in [2.24, 2.45) is 0 Å². The summed E-state index contributed by atoms with van der Waals surface area (Å²) >= 11 is 0. The number of para-hydroxylation sites is 1. The van der Waals surface area contributed by atoms with Crippen LogP contribution < -0.4 is 10.0 Å². The highest BCUT2D eigenvalue weighted by molar-refractivity contribution is 7.92. The zero-order valence-corrected chi connectivity index (χ0v) is 12.8. The third-order valence-electron chi connectivity index (χ3n) is 3.23. The molecular formula is C14H20N2O4S. The molecule has 7 heteroatoms. The van der Waals surface area contributed by atoms with Gasteiger partial charge in [0.2, 0.25) is 15.9 Å². The molecule has 0 aromatic heterocycles. The van der Waals surface area contributed by atoms with Gasteiger partial charge in [0, 0.05) is 13.2 Å². The number of hydrogen-bond acceptors (Lipinski definition) is 4. The Bertz CT molecular complexity index is 595. The number of benzene rings is 1. The molecular weight excluding hydrogens is 292 g/mol. The molecule has 2 N–H and O–H groups in total. The van der Waals surface area contributed by atoms with Crippen molar-refractivity contribution < 1.29 is 17.9 Å². The zero-order chi connectivity index (χ0) is 15.3. The van der Waals surface area contributed by atoms with Gasteiger partial charge in [-0.25, -0.2) is 8.42 Å². The highest BCUT2D eigenvalue weighted by atomic mass is 32.2. The summed E-state index contributed by atoms with van der Waals surface area (Å²) in [7, 11) is -3.34. The van der Waals surface area contributed by atoms with Crippen molar-refractivity contribution in [3.63, 3.8) is 0 Å². The Kier molecular flexibility index (Phi) is 5.19. The van der Waals surface area contributed by atoms with E-state index in [1.807, 2.05) is 0 Å². The molecule has 0 radical (unpaired) electrons. The number of ether oxygens (including phenoxy) is 1. The monoisotopic (exact) mass is 312 g/mol. The fourth-order valence-corrected chi connectivity index (χ4v) is 2.85. The average molecular weight is 312 g/mol. The van der Waals surface area contributed by atoms with Crippen LogP contribution in [0.25, 0.3) is 0 Å². The molecule has 0 aliphatic carbocycles. The Morgan fingerprint density at radius 2 is 2.14 bits per heavy atom. The van der Waals surface area contributed by atoms with Crippen LogP contribution in [0.3, 0.4) is 0 Å². The van der Waals surface area contributed by atoms with E-state index in [1.165, 1.54) is 0 Å². The summed E-state index contributed by atoms with van der Waals surface area (Å²) in [5.74, 6) is -0.0870. The van der Waals surface area contributed by atoms with Gasteiger partial charge in [-0.15, -0.1) is 0 Å². The van der Waals surface area contributed by atoms with Crippen LogP contribution in [0.2, 0.25) is 0 Å². The molecule has 1 saturated heterocycles. The third-order valence-corrected chi connectivity index (χ3v) is 3.82. The van der Waals surface area contributed by atoms with Gasteiger partial charge in [0.15, 0.2) is 0 Å². The Morgan fingerprint density at radius 3 is 2.81 bits per heavy atom. The van der Waals surface area contributed by atoms with E-state index in [4.69, 9.17) is 4.74 Å². The van der Waals surface area contributed by atoms with Gasteiger partial charge in [0.1, 0.15) is 0 Å². The van der Waals surface area contributed by atoms with Crippen LogP contribution >= 0.6 is 0 Å². The Labute approximate surface area is 124 Å². The predicted molar refractivity (Wildman–Crippen MR) is 80.3 cm³/mol. The molecule has 21 heavy (non-hydrogen) atoms. The second-order valence-electron chi connectivity index (χ2n) is 5.15. The van der Waals surface area contributed by atoms with E-state index in [2.05, 4.69) is 10.0 Å². The van der Waals surface area contributed by atoms with Gasteiger partial charge in [0.25, 0.3) is 0 Å². The molecule has 0 saturated carbocycles. The van der Waals surface area contributed by atoms with Crippen molar-refractivity contribution in [2.75, 3.05) is 17.6 Å². The number of hydrogen-bond donors (Lipinski definition) is 2. The maximum Gasteiger partial charge on any atom is 0.229 e. The zero-order valence-electron chi connectivity index (χ0n) is 12.0. The first-order chi connectivity index (χ1) is 9.94. The molecule has 1 amide bonds. The van der Waals surface area contributed by atoms with Crippen LogP contribution in [0.15, 0.2) is 24.3 Å². The summed E-state index contributed by atoms with van der Waals surface area (Å²) in [5.41, 5.74) is 1.21. The van der Waals surface area contributed by atoms with Crippen molar-refractivity contribution in [2.45, 2.75) is 31.9 Å². The van der Waals surface area contributed by atoms with E-state index in [9.17, 15) is 13.2 Å². The van der Waals surface area contributed by atoms with Crippen molar-refractivity contribution in [3.8, 4) is 0 Å². The highest BCUT2D eigenvalue weighted by Crippen LogP contribution is 2.17. The number of anilines is 1. The lowest BCUT2D eigenvalue weighted by Gasteiger charge is -2.13. The molecule has 1 atom stereocenters. The Balaban J connectivity index is 1.91. The molecule has 116 valence electrons. The summed E-state index contributed by atoms with van der Waals surface area (Å²) in [6, 6.07) is 6.99. The standard InChI is InChI=1S/C14H20N2O4S/c1-21(18,19)16-13-7-3-2-5-11(13)10-15-14(17)9-12-6-4-8-20-12/h2-3,5,7,12,16H,4,6,8-10H2,1H3,(H,15,17)/t12-/m1/s1. The van der Waals surface area contributed by atoms with Crippen molar-refractivity contribution >= 4 is 21.6 Å². The van der Waals surface area contributed by atoms with Gasteiger partial charge >= 0.3 is 0 Å². The molecule has 6 nitrogen and oxygen atoms in total. The molecule has 0 bridgehead atoms. The van der Waals surface area contributed by atoms with Crippen LogP contribution in [0, 0.1) is 0 Å². The van der Waals surface area contributed by atoms with Gasteiger partial charge in [-0.3, -0.25) is 9.52 Å². The normalized spacial score (nSPS) is 18.4. The third kappa shape index (κ3) is 5.35. The first kappa shape index (κ1) is 15.8. The minimum Gasteiger partial charge on any atom is -0.378 e. The van der Waals surface area contributed by atoms with E-state index in [0.29, 0.717) is 12.1 Å². The summed E-state index contributed by atoms with van der Waals surface area (Å²) in [6.45, 7) is 1.00. The van der Waals surface area contributed by atoms with Crippen molar-refractivity contribution in [1.82, 2.24) is 5.32 Å². The van der Waals surface area contributed by atoms with E-state index in [0.717, 1.165) is 31.3 Å². The van der Waals surface area contributed by atoms with Gasteiger partial charge in [-0.05, 0) is 24.5 Å². The number of nitrogens with one attached hydrogen (secondary N) is 2. The second kappa shape index (κ2) is 6.91. The van der Waals surface area contributed by atoms with E-state index in [1.54, 1.807) is 24.3 Å². The molecule has 1 aliphatic rings. The lowest BCUT2D eigenvalue weighted by molar-refractivity contribution is -0.123. The van der Waals surface area contributed by atoms with Crippen LogP contribution in [0.5, 0.6) is 0 Å². The lowest BCUT2D eigenvalue weighted by atomic mass is 10.1. The molecule has 1 heterocycles. The smallest absolute Gasteiger partial charge is 0.229 e. The molecule has 2 rings (SSSR count). The van der Waals surface area contributed by atoms with Crippen molar-refractivity contribution in [1.29, 1.82) is 0 Å². The number of rotatable bonds is 6. The Morgan fingerprint density at radius 1 is 1.38 bits per heavy atom. The van der Waals surface area contributed by atoms with Crippen LogP contribution in [0.4, 0.5) is 5.69 Å². The van der Waals surface area contributed by atoms with Gasteiger partial charge in [-0.2, -0.15) is 0 Å². The fraction of sp³-hybridized carbons (Fsp3) is 0.500. The SMILES string of the molecule is CS(=O)(=O)Nc1ccccc1CNC(=O)C[C@H]1CCCO1. The second-order valence-corrected chi connectivity index (χ2v) is 6.90. The molecule has 1 fully saturated rings. The average Bonchev–Trinajstić information content (AvgIpc) is 2.89. The maximum atomic E-state index is 11.8. The maximum absolute atomic E-state index is 11.8. The van der Waals surface area contributed by atoms with Crippen LogP contribution in [-0.4, -0.2) is 33.3 Å². The minimum absolute atomic E-state index is 0.00869. The van der Waals surface area contributed by atoms with E-state index >= 15 is 0 Å².